The number of hydrogen-bond donors (Lipinski definition) is 3. The van der Waals surface area contributed by atoms with Gasteiger partial charge in [0.15, 0.2) is 0 Å². The number of hydrogen-bond acceptors (Lipinski definition) is 5. The van der Waals surface area contributed by atoms with E-state index in [9.17, 15) is 19.2 Å². The maximum atomic E-state index is 14.4. The zero-order chi connectivity index (χ0) is 30.6. The highest BCUT2D eigenvalue weighted by Gasteiger charge is 2.38. The Bertz CT molecular complexity index is 1010. The average Bonchev–Trinajstić information content (AvgIpc) is 2.88. The molecule has 0 spiro atoms. The van der Waals surface area contributed by atoms with Gasteiger partial charge >= 0.3 is 6.09 Å². The lowest BCUT2D eigenvalue weighted by atomic mass is 9.91. The van der Waals surface area contributed by atoms with E-state index >= 15 is 0 Å². The fourth-order valence-electron chi connectivity index (χ4n) is 5.48. The second-order valence-electron chi connectivity index (χ2n) is 12.3. The van der Waals surface area contributed by atoms with Crippen molar-refractivity contribution in [3.8, 4) is 0 Å². The van der Waals surface area contributed by atoms with Crippen molar-refractivity contribution in [1.82, 2.24) is 15.5 Å². The van der Waals surface area contributed by atoms with E-state index in [2.05, 4.69) is 17.6 Å². The molecule has 0 heterocycles. The monoisotopic (exact) mass is 572 g/mol. The number of ether oxygens (including phenoxy) is 1. The number of unbranched alkanes of at least 4 members (excludes halogenated alkanes) is 3. The molecule has 1 aromatic carbocycles. The average molecular weight is 573 g/mol. The summed E-state index contributed by atoms with van der Waals surface area (Å²) in [5.74, 6) is -1.23. The van der Waals surface area contributed by atoms with Gasteiger partial charge in [0.2, 0.25) is 17.7 Å². The van der Waals surface area contributed by atoms with Crippen molar-refractivity contribution < 1.29 is 23.9 Å². The zero-order valence-electron chi connectivity index (χ0n) is 26.0. The van der Waals surface area contributed by atoms with Crippen LogP contribution in [0.25, 0.3) is 0 Å². The molecular formula is C32H52N4O5. The molecule has 0 saturated heterocycles. The van der Waals surface area contributed by atoms with Crippen LogP contribution in [0, 0.1) is 13.8 Å². The molecule has 41 heavy (non-hydrogen) atoms. The number of alkyl carbamates (subject to hydrolysis) is 1. The Hall–Kier alpha value is -3.10. The van der Waals surface area contributed by atoms with E-state index in [0.717, 1.165) is 68.1 Å². The van der Waals surface area contributed by atoms with Gasteiger partial charge in [0.1, 0.15) is 17.7 Å². The summed E-state index contributed by atoms with van der Waals surface area (Å²) in [6.07, 6.45) is 7.88. The van der Waals surface area contributed by atoms with Crippen molar-refractivity contribution in [1.29, 1.82) is 0 Å². The number of amides is 4. The summed E-state index contributed by atoms with van der Waals surface area (Å²) < 4.78 is 5.43. The Morgan fingerprint density at radius 3 is 2.22 bits per heavy atom. The van der Waals surface area contributed by atoms with Gasteiger partial charge in [-0.15, -0.1) is 0 Å². The molecule has 1 saturated carbocycles. The number of rotatable bonds is 14. The second kappa shape index (κ2) is 16.4. The molecule has 1 fully saturated rings. The largest absolute Gasteiger partial charge is 0.444 e. The molecule has 1 aliphatic rings. The van der Waals surface area contributed by atoms with Gasteiger partial charge in [-0.2, -0.15) is 0 Å². The Kier molecular flexibility index (Phi) is 13.6. The molecule has 9 heteroatoms. The number of nitrogens with one attached hydrogen (secondary N) is 2. The fraction of sp³-hybridized carbons (Fsp3) is 0.688. The van der Waals surface area contributed by atoms with Gasteiger partial charge in [-0.1, -0.05) is 63.6 Å². The van der Waals surface area contributed by atoms with E-state index in [1.807, 2.05) is 32.0 Å². The van der Waals surface area contributed by atoms with Crippen LogP contribution in [0.2, 0.25) is 0 Å². The molecule has 1 aliphatic carbocycles. The van der Waals surface area contributed by atoms with Crippen molar-refractivity contribution in [2.24, 2.45) is 5.73 Å². The molecule has 230 valence electrons. The van der Waals surface area contributed by atoms with Crippen LogP contribution < -0.4 is 16.4 Å². The highest BCUT2D eigenvalue weighted by molar-refractivity contribution is 5.93. The van der Waals surface area contributed by atoms with Gasteiger partial charge in [-0.25, -0.2) is 4.79 Å². The third-order valence-corrected chi connectivity index (χ3v) is 7.53. The van der Waals surface area contributed by atoms with Gasteiger partial charge < -0.3 is 26.0 Å². The van der Waals surface area contributed by atoms with E-state index in [1.165, 1.54) is 0 Å². The van der Waals surface area contributed by atoms with Gasteiger partial charge in [0.25, 0.3) is 0 Å². The van der Waals surface area contributed by atoms with E-state index < -0.39 is 35.6 Å². The van der Waals surface area contributed by atoms with Crippen molar-refractivity contribution in [2.45, 2.75) is 136 Å². The van der Waals surface area contributed by atoms with Crippen LogP contribution in [-0.2, 0) is 19.1 Å². The number of carbonyl (C=O) groups is 4. The van der Waals surface area contributed by atoms with Crippen LogP contribution >= 0.6 is 0 Å². The highest BCUT2D eigenvalue weighted by atomic mass is 16.6. The normalized spacial score (nSPS) is 15.5. The smallest absolute Gasteiger partial charge is 0.408 e. The summed E-state index contributed by atoms with van der Waals surface area (Å²) in [6, 6.07) is 3.93. The minimum atomic E-state index is -1.09. The number of carbonyl (C=O) groups excluding carboxylic acids is 4. The SMILES string of the molecule is CCCCCCN(C(=O)C(CCC(N)=O)NC(=O)OC(C)(C)C)C(C(=O)NC1CCCCC1)c1c(C)cccc1C. The summed E-state index contributed by atoms with van der Waals surface area (Å²) >= 11 is 0. The molecule has 0 aromatic heterocycles. The van der Waals surface area contributed by atoms with Crippen molar-refractivity contribution >= 4 is 23.8 Å². The number of nitrogens with zero attached hydrogens (tertiary/aromatic N) is 1. The second-order valence-corrected chi connectivity index (χ2v) is 12.3. The Morgan fingerprint density at radius 1 is 1.02 bits per heavy atom. The first kappa shape index (κ1) is 34.1. The number of benzene rings is 1. The van der Waals surface area contributed by atoms with Crippen LogP contribution in [-0.4, -0.2) is 52.9 Å². The summed E-state index contributed by atoms with van der Waals surface area (Å²) in [6.45, 7) is 11.6. The molecule has 2 atom stereocenters. The summed E-state index contributed by atoms with van der Waals surface area (Å²) in [5, 5.41) is 5.93. The van der Waals surface area contributed by atoms with Crippen molar-refractivity contribution in [3.63, 3.8) is 0 Å². The fourth-order valence-corrected chi connectivity index (χ4v) is 5.48. The molecule has 9 nitrogen and oxygen atoms in total. The molecule has 2 unspecified atom stereocenters. The van der Waals surface area contributed by atoms with Crippen LogP contribution in [0.1, 0.15) is 121 Å². The van der Waals surface area contributed by atoms with E-state index in [4.69, 9.17) is 10.5 Å². The standard InChI is InChI=1S/C32H52N4O5/c1-7-8-9-13-21-36(30(39)25(19-20-26(33)37)35-31(40)41-32(4,5)6)28(27-22(2)15-14-16-23(27)3)29(38)34-24-17-11-10-12-18-24/h14-16,24-25,28H,7-13,17-21H2,1-6H3,(H2,33,37)(H,34,38)(H,35,40). The van der Waals surface area contributed by atoms with Crippen molar-refractivity contribution in [2.75, 3.05) is 6.54 Å². The lowest BCUT2D eigenvalue weighted by Gasteiger charge is -2.37. The molecule has 4 amide bonds. The summed E-state index contributed by atoms with van der Waals surface area (Å²) in [4.78, 5) is 54.6. The maximum Gasteiger partial charge on any atom is 0.408 e. The van der Waals surface area contributed by atoms with E-state index in [1.54, 1.807) is 25.7 Å². The summed E-state index contributed by atoms with van der Waals surface area (Å²) in [5.41, 5.74) is 7.27. The zero-order valence-corrected chi connectivity index (χ0v) is 26.0. The molecule has 0 radical (unpaired) electrons. The third-order valence-electron chi connectivity index (χ3n) is 7.53. The predicted octanol–water partition coefficient (Wildman–Crippen LogP) is 5.36. The quantitative estimate of drug-likeness (QED) is 0.258. The number of primary amides is 1. The molecule has 4 N–H and O–H groups in total. The molecular weight excluding hydrogens is 520 g/mol. The minimum Gasteiger partial charge on any atom is -0.444 e. The van der Waals surface area contributed by atoms with Gasteiger partial charge in [0, 0.05) is 19.0 Å². The first-order chi connectivity index (χ1) is 19.3. The lowest BCUT2D eigenvalue weighted by Crippen LogP contribution is -2.54. The number of nitrogens with two attached hydrogens (primary N) is 1. The number of aryl methyl sites for hydroxylation is 2. The first-order valence-corrected chi connectivity index (χ1v) is 15.3. The minimum absolute atomic E-state index is 0.00257. The maximum absolute atomic E-state index is 14.4. The predicted molar refractivity (Wildman–Crippen MR) is 161 cm³/mol. The Morgan fingerprint density at radius 2 is 1.66 bits per heavy atom. The van der Waals surface area contributed by atoms with Crippen LogP contribution in [0.15, 0.2) is 18.2 Å². The van der Waals surface area contributed by atoms with Crippen LogP contribution in [0.5, 0.6) is 0 Å². The van der Waals surface area contributed by atoms with Gasteiger partial charge in [-0.3, -0.25) is 14.4 Å². The van der Waals surface area contributed by atoms with E-state index in [0.29, 0.717) is 13.0 Å². The van der Waals surface area contributed by atoms with E-state index in [-0.39, 0.29) is 24.8 Å². The third kappa shape index (κ3) is 11.4. The topological polar surface area (TPSA) is 131 Å². The van der Waals surface area contributed by atoms with Gasteiger partial charge in [-0.05, 0) is 77.0 Å². The molecule has 2 rings (SSSR count). The van der Waals surface area contributed by atoms with Crippen LogP contribution in [0.3, 0.4) is 0 Å². The van der Waals surface area contributed by atoms with Gasteiger partial charge in [0.05, 0.1) is 0 Å². The summed E-state index contributed by atoms with van der Waals surface area (Å²) in [7, 11) is 0. The highest BCUT2D eigenvalue weighted by Crippen LogP contribution is 2.30. The van der Waals surface area contributed by atoms with Crippen LogP contribution in [0.4, 0.5) is 4.79 Å². The molecule has 1 aromatic rings. The Labute approximate surface area is 246 Å². The lowest BCUT2D eigenvalue weighted by molar-refractivity contribution is -0.143. The first-order valence-electron chi connectivity index (χ1n) is 15.3. The van der Waals surface area contributed by atoms with Crippen molar-refractivity contribution in [3.05, 3.63) is 34.9 Å². The molecule has 0 aliphatic heterocycles. The molecule has 0 bridgehead atoms. The Balaban J connectivity index is 2.54.